The Morgan fingerprint density at radius 2 is 2.43 bits per heavy atom. The molecule has 0 radical (unpaired) electrons. The van der Waals surface area contributed by atoms with Gasteiger partial charge in [-0.2, -0.15) is 0 Å². The van der Waals surface area contributed by atoms with Crippen LogP contribution in [0, 0.1) is 33.7 Å². The Bertz CT molecular complexity index is 198. The molecule has 34 valence electrons. The first-order valence-electron chi connectivity index (χ1n) is 1.63. The van der Waals surface area contributed by atoms with E-state index in [1.807, 2.05) is 0 Å². The van der Waals surface area contributed by atoms with E-state index < -0.39 is 5.82 Å². The molecule has 0 aliphatic carbocycles. The summed E-state index contributed by atoms with van der Waals surface area (Å²) >= 11 is 0.552. The molecule has 0 bridgehead atoms. The summed E-state index contributed by atoms with van der Waals surface area (Å²) < 4.78 is 9.39. The molecular formula is C3HLaO3. The molecule has 0 saturated carbocycles. The molecule has 1 rings (SSSR count). The van der Waals surface area contributed by atoms with E-state index in [0.29, 0.717) is 35.9 Å². The SMILES string of the molecule is O=c1oc[c]([La])o1. The summed E-state index contributed by atoms with van der Waals surface area (Å²) in [7, 11) is 0. The van der Waals surface area contributed by atoms with Gasteiger partial charge in [-0.25, -0.2) is 0 Å². The molecule has 0 aromatic carbocycles. The summed E-state index contributed by atoms with van der Waals surface area (Å²) in [5.74, 6) is -0.600. The molecule has 0 N–H and O–H groups in total. The van der Waals surface area contributed by atoms with Crippen LogP contribution in [-0.2, 0) is 0 Å². The molecule has 0 saturated heterocycles. The molecule has 1 aromatic rings. The van der Waals surface area contributed by atoms with E-state index in [2.05, 4.69) is 8.83 Å². The third-order valence-electron chi connectivity index (χ3n) is 0.472. The fourth-order valence-corrected chi connectivity index (χ4v) is 0.766. The van der Waals surface area contributed by atoms with E-state index in [0.717, 1.165) is 0 Å². The molecule has 1 heterocycles. The van der Waals surface area contributed by atoms with E-state index >= 15 is 0 Å². The number of hydrogen-bond acceptors (Lipinski definition) is 3. The zero-order valence-electron chi connectivity index (χ0n) is 3.38. The van der Waals surface area contributed by atoms with Gasteiger partial charge >= 0.3 is 61.6 Å². The van der Waals surface area contributed by atoms with Crippen LogP contribution in [-0.4, -0.2) is 0 Å². The van der Waals surface area contributed by atoms with Gasteiger partial charge in [-0.3, -0.25) is 0 Å². The molecule has 0 atom stereocenters. The molecule has 0 aliphatic heterocycles. The van der Waals surface area contributed by atoms with E-state index in [9.17, 15) is 4.79 Å². The maximum atomic E-state index is 9.98. The van der Waals surface area contributed by atoms with E-state index in [1.165, 1.54) is 6.26 Å². The molecule has 0 unspecified atom stereocenters. The number of rotatable bonds is 0. The quantitative estimate of drug-likeness (QED) is 0.591. The van der Waals surface area contributed by atoms with Gasteiger partial charge in [-0.15, -0.1) is 0 Å². The van der Waals surface area contributed by atoms with Gasteiger partial charge in [0.05, 0.1) is 0 Å². The second-order valence-electron chi connectivity index (χ2n) is 0.990. The van der Waals surface area contributed by atoms with Crippen LogP contribution >= 0.6 is 0 Å². The van der Waals surface area contributed by atoms with Crippen molar-refractivity contribution in [3.05, 3.63) is 16.9 Å². The summed E-state index contributed by atoms with van der Waals surface area (Å²) in [6, 6.07) is 0. The normalized spacial score (nSPS) is 9.00. The van der Waals surface area contributed by atoms with Crippen LogP contribution in [0.25, 0.3) is 0 Å². The van der Waals surface area contributed by atoms with Crippen LogP contribution in [0.3, 0.4) is 0 Å². The first-order valence-corrected chi connectivity index (χ1v) is 3.44. The zero-order valence-corrected chi connectivity index (χ0v) is 7.01. The average Bonchev–Trinajstić information content (AvgIpc) is 1.87. The van der Waals surface area contributed by atoms with Gasteiger partial charge in [0, 0.05) is 0 Å². The Morgan fingerprint density at radius 1 is 1.71 bits per heavy atom. The van der Waals surface area contributed by atoms with Crippen LogP contribution in [0.2, 0.25) is 0 Å². The van der Waals surface area contributed by atoms with Crippen molar-refractivity contribution in [2.45, 2.75) is 0 Å². The molecule has 0 fully saturated rings. The maximum absolute atomic E-state index is 9.98. The summed E-state index contributed by atoms with van der Waals surface area (Å²) in [6.45, 7) is 0. The van der Waals surface area contributed by atoms with Gasteiger partial charge in [-0.05, 0) is 0 Å². The van der Waals surface area contributed by atoms with Crippen LogP contribution in [0.1, 0.15) is 0 Å². The van der Waals surface area contributed by atoms with E-state index in [4.69, 9.17) is 0 Å². The van der Waals surface area contributed by atoms with Crippen LogP contribution in [0.5, 0.6) is 0 Å². The molecule has 1 aromatic heterocycles. The van der Waals surface area contributed by atoms with Crippen molar-refractivity contribution in [3.63, 3.8) is 0 Å². The molecule has 0 spiro atoms. The molecule has 7 heavy (non-hydrogen) atoms. The van der Waals surface area contributed by atoms with Gasteiger partial charge in [0.2, 0.25) is 0 Å². The monoisotopic (exact) mass is 224 g/mol. The Balaban J connectivity index is 3.30. The van der Waals surface area contributed by atoms with E-state index in [-0.39, 0.29) is 0 Å². The minimum atomic E-state index is -0.600. The van der Waals surface area contributed by atoms with Gasteiger partial charge in [0.25, 0.3) is 0 Å². The Kier molecular flexibility index (Phi) is 1.51. The fraction of sp³-hybridized carbons (Fsp3) is 0. The second kappa shape index (κ2) is 1.98. The third-order valence-corrected chi connectivity index (χ3v) is 1.27. The second-order valence-corrected chi connectivity index (χ2v) is 2.78. The Hall–Kier alpha value is 0.205. The molecule has 3 nitrogen and oxygen atoms in total. The summed E-state index contributed by atoms with van der Waals surface area (Å²) in [5, 5.41) is 0. The molecule has 0 amide bonds. The summed E-state index contributed by atoms with van der Waals surface area (Å²) in [5.41, 5.74) is 0. The van der Waals surface area contributed by atoms with Crippen LogP contribution in [0.15, 0.2) is 19.9 Å². The van der Waals surface area contributed by atoms with E-state index in [1.54, 1.807) is 0 Å². The van der Waals surface area contributed by atoms with Gasteiger partial charge < -0.3 is 0 Å². The van der Waals surface area contributed by atoms with Gasteiger partial charge in [-0.1, -0.05) is 0 Å². The van der Waals surface area contributed by atoms with Crippen molar-refractivity contribution >= 4 is 2.16 Å². The molecule has 4 heteroatoms. The topological polar surface area (TPSA) is 43.4 Å². The minimum absolute atomic E-state index is 0.552. The standard InChI is InChI=1S/C3HO3.La/c4-3-5-1-2-6-3;/h1H;. The summed E-state index contributed by atoms with van der Waals surface area (Å²) in [6.07, 6.45) is 1.34. The van der Waals surface area contributed by atoms with Crippen LogP contribution < -0.4 is 7.99 Å². The Morgan fingerprint density at radius 3 is 2.57 bits per heavy atom. The van der Waals surface area contributed by atoms with Crippen LogP contribution in [0.4, 0.5) is 0 Å². The number of hydrogen-bond donors (Lipinski definition) is 0. The van der Waals surface area contributed by atoms with Crippen molar-refractivity contribution in [1.29, 1.82) is 0 Å². The van der Waals surface area contributed by atoms with Gasteiger partial charge in [0.15, 0.2) is 0 Å². The first kappa shape index (κ1) is 5.34. The third kappa shape index (κ3) is 1.29. The van der Waals surface area contributed by atoms with Crippen molar-refractivity contribution in [2.75, 3.05) is 0 Å². The van der Waals surface area contributed by atoms with Crippen molar-refractivity contribution in [3.8, 4) is 0 Å². The average molecular weight is 224 g/mol. The van der Waals surface area contributed by atoms with Gasteiger partial charge in [0.1, 0.15) is 0 Å². The predicted octanol–water partition coefficient (Wildman–Crippen LogP) is -0.593. The summed E-state index contributed by atoms with van der Waals surface area (Å²) in [4.78, 5) is 9.98. The first-order chi connectivity index (χ1) is 3.29. The Labute approximate surface area is 61.3 Å². The zero-order chi connectivity index (χ0) is 5.28. The molecular weight excluding hydrogens is 223 g/mol. The van der Waals surface area contributed by atoms with Crippen molar-refractivity contribution in [2.24, 2.45) is 0 Å². The van der Waals surface area contributed by atoms with Crippen molar-refractivity contribution < 1.29 is 42.6 Å². The molecule has 0 aliphatic rings. The predicted molar refractivity (Wildman–Crippen MR) is 16.9 cm³/mol. The fourth-order valence-electron chi connectivity index (χ4n) is 0.251. The van der Waals surface area contributed by atoms with Crippen molar-refractivity contribution in [1.82, 2.24) is 0 Å².